The van der Waals surface area contributed by atoms with E-state index in [1.165, 1.54) is 0 Å². The van der Waals surface area contributed by atoms with Crippen LogP contribution in [0.1, 0.15) is 18.1 Å². The first kappa shape index (κ1) is 24.8. The van der Waals surface area contributed by atoms with Gasteiger partial charge in [0.25, 0.3) is 5.96 Å². The Labute approximate surface area is 195 Å². The molecule has 0 unspecified atom stereocenters. The normalized spacial score (nSPS) is 14.3. The number of guanidine groups is 1. The molecule has 1 aliphatic heterocycles. The summed E-state index contributed by atoms with van der Waals surface area (Å²) in [6, 6.07) is 7.15. The molecule has 1 aliphatic rings. The molecule has 1 saturated heterocycles. The van der Waals surface area contributed by atoms with Crippen molar-refractivity contribution in [2.75, 3.05) is 20.1 Å². The highest BCUT2D eigenvalue weighted by atomic mass is 35.5. The fourth-order valence-corrected chi connectivity index (χ4v) is 2.84. The van der Waals surface area contributed by atoms with Gasteiger partial charge in [0.1, 0.15) is 21.2 Å². The van der Waals surface area contributed by atoms with Crippen molar-refractivity contribution in [2.24, 2.45) is 10.1 Å². The topological polar surface area (TPSA) is 136 Å². The van der Waals surface area contributed by atoms with E-state index in [9.17, 15) is 10.1 Å². The van der Waals surface area contributed by atoms with E-state index < -0.39 is 5.03 Å². The number of pyridine rings is 2. The Bertz CT molecular complexity index is 1000. The zero-order valence-corrected chi connectivity index (χ0v) is 19.0. The maximum Gasteiger partial charge on any atom is 0.271 e. The summed E-state index contributed by atoms with van der Waals surface area (Å²) in [5.41, 5.74) is 1.95. The standard InChI is InChI=1S/C10H11ClN4.C9H10ClN5O2/c1-8(14-7-12)15(2)6-9-3-4-10(11)13-5-9;10-8-2-1-7(5-12-8)6-14-4-3-11-9(14)13-15(16)17/h3-5H,6H2,1-2H3;1-2,5H,3-4,6H2,(H,11,13)/b14-8+;. The van der Waals surface area contributed by atoms with Crippen molar-refractivity contribution in [3.05, 3.63) is 68.2 Å². The van der Waals surface area contributed by atoms with Crippen LogP contribution < -0.4 is 5.32 Å². The Morgan fingerprint density at radius 2 is 1.91 bits per heavy atom. The summed E-state index contributed by atoms with van der Waals surface area (Å²) >= 11 is 11.3. The molecule has 0 aromatic carbocycles. The zero-order valence-electron chi connectivity index (χ0n) is 17.4. The van der Waals surface area contributed by atoms with E-state index >= 15 is 0 Å². The number of aromatic nitrogens is 2. The first-order valence-corrected chi connectivity index (χ1v) is 10.1. The largest absolute Gasteiger partial charge is 0.358 e. The predicted molar refractivity (Wildman–Crippen MR) is 122 cm³/mol. The number of hydrogen-bond acceptors (Lipinski definition) is 6. The first-order valence-electron chi connectivity index (χ1n) is 9.35. The third-order valence-corrected chi connectivity index (χ3v) is 4.72. The number of rotatable bonds is 5. The maximum absolute atomic E-state index is 10.3. The summed E-state index contributed by atoms with van der Waals surface area (Å²) in [4.78, 5) is 25.5. The lowest BCUT2D eigenvalue weighted by atomic mass is 10.3. The number of aliphatic imine (C=N–C) groups is 1. The average molecular weight is 478 g/mol. The van der Waals surface area contributed by atoms with Gasteiger partial charge < -0.3 is 15.1 Å². The van der Waals surface area contributed by atoms with E-state index in [4.69, 9.17) is 28.5 Å². The lowest BCUT2D eigenvalue weighted by molar-refractivity contribution is -0.485. The Hall–Kier alpha value is -3.49. The first-order chi connectivity index (χ1) is 15.3. The third-order valence-electron chi connectivity index (χ3n) is 4.28. The van der Waals surface area contributed by atoms with Crippen LogP contribution in [0, 0.1) is 21.6 Å². The number of hydrogen-bond donors (Lipinski definition) is 1. The van der Waals surface area contributed by atoms with Crippen LogP contribution in [0.15, 0.2) is 46.8 Å². The summed E-state index contributed by atoms with van der Waals surface area (Å²) < 4.78 is 0. The van der Waals surface area contributed by atoms with Crippen LogP contribution >= 0.6 is 23.2 Å². The molecule has 3 rings (SSSR count). The summed E-state index contributed by atoms with van der Waals surface area (Å²) in [5.74, 6) is 0.956. The highest BCUT2D eigenvalue weighted by Gasteiger charge is 2.21. The molecule has 0 atom stereocenters. The minimum Gasteiger partial charge on any atom is -0.358 e. The van der Waals surface area contributed by atoms with Gasteiger partial charge in [-0.25, -0.2) is 20.1 Å². The summed E-state index contributed by atoms with van der Waals surface area (Å²) in [7, 11) is 1.87. The van der Waals surface area contributed by atoms with Crippen LogP contribution in [-0.2, 0) is 13.1 Å². The lowest BCUT2D eigenvalue weighted by Gasteiger charge is -2.17. The number of hydrazone groups is 1. The molecule has 2 aromatic heterocycles. The zero-order chi connectivity index (χ0) is 23.5. The van der Waals surface area contributed by atoms with Crippen LogP contribution in [0.4, 0.5) is 0 Å². The van der Waals surface area contributed by atoms with E-state index in [1.54, 1.807) is 42.5 Å². The van der Waals surface area contributed by atoms with Crippen LogP contribution in [0.3, 0.4) is 0 Å². The molecule has 0 aliphatic carbocycles. The molecule has 32 heavy (non-hydrogen) atoms. The molecule has 11 nitrogen and oxygen atoms in total. The van der Waals surface area contributed by atoms with Crippen LogP contribution in [0.25, 0.3) is 0 Å². The van der Waals surface area contributed by atoms with Gasteiger partial charge in [-0.1, -0.05) is 35.3 Å². The second-order valence-electron chi connectivity index (χ2n) is 6.60. The molecular weight excluding hydrogens is 457 g/mol. The predicted octanol–water partition coefficient (Wildman–Crippen LogP) is 2.75. The Morgan fingerprint density at radius 1 is 1.28 bits per heavy atom. The fraction of sp³-hybridized carbons (Fsp3) is 0.316. The average Bonchev–Trinajstić information content (AvgIpc) is 3.18. The number of nitrogens with one attached hydrogen (secondary N) is 1. The van der Waals surface area contributed by atoms with Crippen LogP contribution in [0.2, 0.25) is 10.3 Å². The van der Waals surface area contributed by atoms with E-state index in [0.29, 0.717) is 42.3 Å². The Balaban J connectivity index is 0.000000229. The fourth-order valence-electron chi connectivity index (χ4n) is 2.62. The minimum absolute atomic E-state index is 0.282. The van der Waals surface area contributed by atoms with E-state index in [1.807, 2.05) is 24.1 Å². The molecule has 1 fully saturated rings. The molecule has 0 saturated carbocycles. The molecule has 2 aromatic rings. The quantitative estimate of drug-likeness (QED) is 0.173. The van der Waals surface area contributed by atoms with Crippen molar-refractivity contribution in [3.8, 4) is 6.19 Å². The summed E-state index contributed by atoms with van der Waals surface area (Å²) in [5, 5.41) is 25.0. The molecule has 168 valence electrons. The SMILES string of the molecule is C/C(=N\C#N)N(C)Cc1ccc(Cl)nc1.O=[N+]([O-])/N=C1\NCCN1Cc1ccc(Cl)nc1. The number of nitrogens with zero attached hydrogens (tertiary/aromatic N) is 8. The smallest absolute Gasteiger partial charge is 0.271 e. The van der Waals surface area contributed by atoms with Gasteiger partial charge >= 0.3 is 0 Å². The molecule has 0 bridgehead atoms. The van der Waals surface area contributed by atoms with E-state index in [-0.39, 0.29) is 5.96 Å². The molecule has 13 heteroatoms. The summed E-state index contributed by atoms with van der Waals surface area (Å²) in [6.07, 6.45) is 5.10. The van der Waals surface area contributed by atoms with E-state index in [2.05, 4.69) is 25.4 Å². The molecule has 1 N–H and O–H groups in total. The molecule has 0 amide bonds. The second kappa shape index (κ2) is 12.4. The maximum atomic E-state index is 10.3. The van der Waals surface area contributed by atoms with Crippen LogP contribution in [0.5, 0.6) is 0 Å². The third kappa shape index (κ3) is 8.33. The van der Waals surface area contributed by atoms with E-state index in [0.717, 1.165) is 11.1 Å². The van der Waals surface area contributed by atoms with Gasteiger partial charge in [-0.15, -0.1) is 0 Å². The highest BCUT2D eigenvalue weighted by Crippen LogP contribution is 2.10. The van der Waals surface area contributed by atoms with Gasteiger partial charge in [0.2, 0.25) is 6.19 Å². The highest BCUT2D eigenvalue weighted by molar-refractivity contribution is 6.29. The molecule has 0 spiro atoms. The van der Waals surface area contributed by atoms with Gasteiger partial charge in [-0.3, -0.25) is 0 Å². The lowest BCUT2D eigenvalue weighted by Crippen LogP contribution is -2.30. The number of nitro groups is 1. The van der Waals surface area contributed by atoms with Crippen molar-refractivity contribution >= 4 is 35.0 Å². The molecule has 0 radical (unpaired) electrons. The van der Waals surface area contributed by atoms with Crippen molar-refractivity contribution in [1.29, 1.82) is 5.26 Å². The second-order valence-corrected chi connectivity index (χ2v) is 7.38. The van der Waals surface area contributed by atoms with Crippen molar-refractivity contribution in [1.82, 2.24) is 25.1 Å². The number of nitriles is 1. The number of amidine groups is 1. The monoisotopic (exact) mass is 477 g/mol. The Morgan fingerprint density at radius 3 is 2.44 bits per heavy atom. The molecular formula is C19H21Cl2N9O2. The van der Waals surface area contributed by atoms with Crippen LogP contribution in [-0.4, -0.2) is 56.7 Å². The van der Waals surface area contributed by atoms with Gasteiger partial charge in [0, 0.05) is 45.6 Å². The summed E-state index contributed by atoms with van der Waals surface area (Å²) in [6.45, 7) is 4.28. The van der Waals surface area contributed by atoms with Crippen molar-refractivity contribution in [3.63, 3.8) is 0 Å². The van der Waals surface area contributed by atoms with Gasteiger partial charge in [0.15, 0.2) is 5.03 Å². The van der Waals surface area contributed by atoms with Gasteiger partial charge in [-0.05, 0) is 30.2 Å². The Kier molecular flexibility index (Phi) is 9.59. The minimum atomic E-state index is -0.708. The number of halogens is 2. The van der Waals surface area contributed by atoms with Crippen molar-refractivity contribution in [2.45, 2.75) is 20.0 Å². The van der Waals surface area contributed by atoms with Gasteiger partial charge in [0.05, 0.1) is 0 Å². The van der Waals surface area contributed by atoms with Gasteiger partial charge in [-0.2, -0.15) is 10.3 Å². The molecule has 3 heterocycles. The van der Waals surface area contributed by atoms with Crippen molar-refractivity contribution < 1.29 is 5.03 Å².